The predicted molar refractivity (Wildman–Crippen MR) is 113 cm³/mol. The fraction of sp³-hybridized carbons (Fsp3) is 0.174. The summed E-state index contributed by atoms with van der Waals surface area (Å²) in [5.41, 5.74) is 1.37. The molecule has 3 aromatic carbocycles. The van der Waals surface area contributed by atoms with Crippen molar-refractivity contribution in [2.75, 3.05) is 5.32 Å². The zero-order valence-electron chi connectivity index (χ0n) is 16.0. The van der Waals surface area contributed by atoms with Gasteiger partial charge in [-0.25, -0.2) is 0 Å². The Labute approximate surface area is 173 Å². The average molecular weight is 407 g/mol. The highest BCUT2D eigenvalue weighted by molar-refractivity contribution is 6.31. The number of imide groups is 1. The van der Waals surface area contributed by atoms with Gasteiger partial charge in [0.15, 0.2) is 0 Å². The van der Waals surface area contributed by atoms with E-state index in [1.807, 2.05) is 26.0 Å². The van der Waals surface area contributed by atoms with Crippen LogP contribution in [0, 0.1) is 5.92 Å². The van der Waals surface area contributed by atoms with E-state index in [4.69, 9.17) is 11.6 Å². The highest BCUT2D eigenvalue weighted by Crippen LogP contribution is 2.32. The van der Waals surface area contributed by atoms with Crippen LogP contribution in [0.4, 0.5) is 5.69 Å². The molecule has 1 atom stereocenters. The number of hydrogen-bond donors (Lipinski definition) is 1. The number of benzene rings is 3. The smallest absolute Gasteiger partial charge is 0.262 e. The molecule has 1 N–H and O–H groups in total. The lowest BCUT2D eigenvalue weighted by Crippen LogP contribution is -2.54. The van der Waals surface area contributed by atoms with E-state index < -0.39 is 23.8 Å². The summed E-state index contributed by atoms with van der Waals surface area (Å²) in [6.07, 6.45) is 0. The molecule has 5 nitrogen and oxygen atoms in total. The van der Waals surface area contributed by atoms with Crippen molar-refractivity contribution in [3.05, 3.63) is 76.8 Å². The molecule has 0 spiro atoms. The number of halogens is 1. The average Bonchev–Trinajstić information content (AvgIpc) is 2.68. The number of rotatable bonds is 4. The van der Waals surface area contributed by atoms with Crippen LogP contribution in [0.3, 0.4) is 0 Å². The quantitative estimate of drug-likeness (QED) is 0.635. The second-order valence-electron chi connectivity index (χ2n) is 7.38. The maximum atomic E-state index is 13.3. The van der Waals surface area contributed by atoms with Crippen LogP contribution in [0.5, 0.6) is 0 Å². The summed E-state index contributed by atoms with van der Waals surface area (Å²) >= 11 is 6.00. The summed E-state index contributed by atoms with van der Waals surface area (Å²) in [5.74, 6) is -1.64. The maximum Gasteiger partial charge on any atom is 0.262 e. The number of anilines is 1. The summed E-state index contributed by atoms with van der Waals surface area (Å²) in [6.45, 7) is 3.62. The Morgan fingerprint density at radius 2 is 1.52 bits per heavy atom. The molecule has 146 valence electrons. The number of nitrogens with zero attached hydrogens (tertiary/aromatic N) is 1. The molecule has 0 radical (unpaired) electrons. The first-order valence-electron chi connectivity index (χ1n) is 9.34. The largest absolute Gasteiger partial charge is 0.324 e. The molecular weight excluding hydrogens is 388 g/mol. The van der Waals surface area contributed by atoms with Gasteiger partial charge in [-0.2, -0.15) is 0 Å². The number of hydrogen-bond acceptors (Lipinski definition) is 3. The molecule has 0 saturated heterocycles. The third-order valence-electron chi connectivity index (χ3n) is 5.07. The van der Waals surface area contributed by atoms with Gasteiger partial charge in [-0.1, -0.05) is 55.8 Å². The first-order valence-corrected chi connectivity index (χ1v) is 9.72. The van der Waals surface area contributed by atoms with Crippen LogP contribution in [-0.2, 0) is 4.79 Å². The van der Waals surface area contributed by atoms with Crippen molar-refractivity contribution in [2.45, 2.75) is 19.9 Å². The minimum absolute atomic E-state index is 0.286. The lowest BCUT2D eigenvalue weighted by atomic mass is 9.91. The molecule has 6 heteroatoms. The van der Waals surface area contributed by atoms with Gasteiger partial charge >= 0.3 is 0 Å². The Kier molecular flexibility index (Phi) is 4.84. The standard InChI is InChI=1S/C23H19ClN2O3/c1-13(2)20(21(27)25-16-9-5-8-15(24)12-16)26-22(28)17-10-3-6-14-7-4-11-18(19(14)17)23(26)29/h3-13,20H,1-2H3,(H,25,27)/t20-/m1/s1. The van der Waals surface area contributed by atoms with Crippen LogP contribution < -0.4 is 5.32 Å². The van der Waals surface area contributed by atoms with Gasteiger partial charge in [-0.3, -0.25) is 19.3 Å². The lowest BCUT2D eigenvalue weighted by Gasteiger charge is -2.35. The minimum Gasteiger partial charge on any atom is -0.324 e. The van der Waals surface area contributed by atoms with Crippen molar-refractivity contribution in [1.82, 2.24) is 4.90 Å². The molecule has 1 heterocycles. The molecule has 0 unspecified atom stereocenters. The fourth-order valence-electron chi connectivity index (χ4n) is 3.80. The highest BCUT2D eigenvalue weighted by atomic mass is 35.5. The number of carbonyl (C=O) groups is 3. The van der Waals surface area contributed by atoms with Crippen LogP contribution in [0.25, 0.3) is 10.8 Å². The monoisotopic (exact) mass is 406 g/mol. The molecule has 1 aliphatic rings. The van der Waals surface area contributed by atoms with Crippen LogP contribution in [-0.4, -0.2) is 28.7 Å². The van der Waals surface area contributed by atoms with E-state index in [1.165, 1.54) is 0 Å². The van der Waals surface area contributed by atoms with Crippen molar-refractivity contribution in [2.24, 2.45) is 5.92 Å². The minimum atomic E-state index is -0.961. The fourth-order valence-corrected chi connectivity index (χ4v) is 3.99. The third kappa shape index (κ3) is 3.28. The van der Waals surface area contributed by atoms with Gasteiger partial charge in [-0.05, 0) is 41.6 Å². The molecule has 0 saturated carbocycles. The summed E-state index contributed by atoms with van der Waals surface area (Å²) in [6, 6.07) is 16.5. The normalized spacial score (nSPS) is 14.4. The molecule has 0 aromatic heterocycles. The molecule has 0 bridgehead atoms. The van der Waals surface area contributed by atoms with Crippen molar-refractivity contribution >= 4 is 45.8 Å². The van der Waals surface area contributed by atoms with E-state index in [0.717, 1.165) is 10.3 Å². The van der Waals surface area contributed by atoms with Crippen molar-refractivity contribution in [3.63, 3.8) is 0 Å². The molecule has 1 aliphatic heterocycles. The predicted octanol–water partition coefficient (Wildman–Crippen LogP) is 4.75. The lowest BCUT2D eigenvalue weighted by molar-refractivity contribution is -0.121. The first kappa shape index (κ1) is 19.2. The zero-order chi connectivity index (χ0) is 20.7. The molecule has 0 fully saturated rings. The van der Waals surface area contributed by atoms with E-state index in [1.54, 1.807) is 48.5 Å². The summed E-state index contributed by atoms with van der Waals surface area (Å²) in [7, 11) is 0. The van der Waals surface area contributed by atoms with Gasteiger partial charge in [-0.15, -0.1) is 0 Å². The number of nitrogens with one attached hydrogen (secondary N) is 1. The first-order chi connectivity index (χ1) is 13.9. The van der Waals surface area contributed by atoms with E-state index in [2.05, 4.69) is 5.32 Å². The van der Waals surface area contributed by atoms with E-state index in [9.17, 15) is 14.4 Å². The molecule has 3 amide bonds. The van der Waals surface area contributed by atoms with Crippen molar-refractivity contribution < 1.29 is 14.4 Å². The van der Waals surface area contributed by atoms with Crippen LogP contribution >= 0.6 is 11.6 Å². The zero-order valence-corrected chi connectivity index (χ0v) is 16.7. The number of amides is 3. The van der Waals surface area contributed by atoms with E-state index in [-0.39, 0.29) is 5.92 Å². The summed E-state index contributed by atoms with van der Waals surface area (Å²) in [5, 5.41) is 4.73. The Morgan fingerprint density at radius 3 is 2.07 bits per heavy atom. The molecule has 0 aliphatic carbocycles. The van der Waals surface area contributed by atoms with Crippen LogP contribution in [0.15, 0.2) is 60.7 Å². The van der Waals surface area contributed by atoms with Gasteiger partial charge in [0.05, 0.1) is 0 Å². The Bertz CT molecular complexity index is 1110. The summed E-state index contributed by atoms with van der Waals surface area (Å²) < 4.78 is 0. The topological polar surface area (TPSA) is 66.5 Å². The Morgan fingerprint density at radius 1 is 0.931 bits per heavy atom. The second-order valence-corrected chi connectivity index (χ2v) is 7.81. The summed E-state index contributed by atoms with van der Waals surface area (Å²) in [4.78, 5) is 40.7. The van der Waals surface area contributed by atoms with E-state index >= 15 is 0 Å². The van der Waals surface area contributed by atoms with E-state index in [0.29, 0.717) is 27.2 Å². The van der Waals surface area contributed by atoms with Crippen LogP contribution in [0.2, 0.25) is 5.02 Å². The van der Waals surface area contributed by atoms with Gasteiger partial charge in [0, 0.05) is 27.2 Å². The second kappa shape index (κ2) is 7.33. The highest BCUT2D eigenvalue weighted by Gasteiger charge is 2.41. The van der Waals surface area contributed by atoms with Gasteiger partial charge in [0.25, 0.3) is 11.8 Å². The third-order valence-corrected chi connectivity index (χ3v) is 5.31. The Balaban J connectivity index is 1.76. The molecule has 29 heavy (non-hydrogen) atoms. The van der Waals surface area contributed by atoms with Crippen LogP contribution in [0.1, 0.15) is 34.6 Å². The number of carbonyl (C=O) groups excluding carboxylic acids is 3. The SMILES string of the molecule is CC(C)[C@H](C(=O)Nc1cccc(Cl)c1)N1C(=O)c2cccc3cccc(c23)C1=O. The molecular formula is C23H19ClN2O3. The molecule has 3 aromatic rings. The van der Waals surface area contributed by atoms with Gasteiger partial charge in [0.1, 0.15) is 6.04 Å². The molecule has 4 rings (SSSR count). The van der Waals surface area contributed by atoms with Gasteiger partial charge in [0.2, 0.25) is 5.91 Å². The van der Waals surface area contributed by atoms with Crippen molar-refractivity contribution in [3.8, 4) is 0 Å². The van der Waals surface area contributed by atoms with Crippen molar-refractivity contribution in [1.29, 1.82) is 0 Å². The Hall–Kier alpha value is -3.18. The maximum absolute atomic E-state index is 13.3. The van der Waals surface area contributed by atoms with Gasteiger partial charge < -0.3 is 5.32 Å².